The molecular formula is C34H50N4O2. The lowest BCUT2D eigenvalue weighted by Crippen LogP contribution is -2.50. The maximum Gasteiger partial charge on any atom is 0.236 e. The first-order valence-corrected chi connectivity index (χ1v) is 15.2. The summed E-state index contributed by atoms with van der Waals surface area (Å²) in [5.41, 5.74) is 4.72. The van der Waals surface area contributed by atoms with Crippen LogP contribution in [0.2, 0.25) is 0 Å². The van der Waals surface area contributed by atoms with Gasteiger partial charge in [0.2, 0.25) is 5.91 Å². The molecule has 6 heteroatoms. The van der Waals surface area contributed by atoms with E-state index in [1.54, 1.807) is 0 Å². The smallest absolute Gasteiger partial charge is 0.236 e. The first-order chi connectivity index (χ1) is 19.5. The lowest BCUT2D eigenvalue weighted by molar-refractivity contribution is -0.135. The molecule has 1 saturated heterocycles. The molecule has 6 nitrogen and oxygen atoms in total. The van der Waals surface area contributed by atoms with Gasteiger partial charge in [0.1, 0.15) is 0 Å². The van der Waals surface area contributed by atoms with Gasteiger partial charge in [0.05, 0.1) is 6.54 Å². The zero-order chi connectivity index (χ0) is 28.7. The molecule has 1 heterocycles. The number of rotatable bonds is 11. The quantitative estimate of drug-likeness (QED) is 0.282. The molecule has 2 aliphatic rings. The van der Waals surface area contributed by atoms with Crippen LogP contribution in [-0.4, -0.2) is 74.9 Å². The van der Waals surface area contributed by atoms with E-state index in [4.69, 9.17) is 0 Å². The van der Waals surface area contributed by atoms with Crippen LogP contribution in [0.25, 0.3) is 5.57 Å². The Morgan fingerprint density at radius 3 is 2.33 bits per heavy atom. The number of piperazine rings is 1. The lowest BCUT2D eigenvalue weighted by atomic mass is 9.85. The first kappa shape index (κ1) is 31.6. The van der Waals surface area contributed by atoms with Crippen molar-refractivity contribution in [3.05, 3.63) is 71.3 Å². The van der Waals surface area contributed by atoms with Crippen molar-refractivity contribution in [2.24, 2.45) is 5.92 Å². The third kappa shape index (κ3) is 9.31. The standard InChI is InChI=1S/C25H31N3O2.C9H19N/c1-3-13-28-15-14-27(18-25(28)30)17-21(16-20-9-5-4-6-10-20)23(19-29)22-11-7-8-12-24(22)26-2;1-8(10-2)9-6-4-3-5-7-9/h4-12,19,26H,3,13-18H2,1-2H3;8-10H,3-7H2,1-2H3/b23-21+;/t;8-/m.0/s1. The molecule has 2 fully saturated rings. The number of hydrogen-bond acceptors (Lipinski definition) is 5. The van der Waals surface area contributed by atoms with Gasteiger partial charge in [-0.3, -0.25) is 14.5 Å². The van der Waals surface area contributed by atoms with Crippen LogP contribution in [0, 0.1) is 5.92 Å². The highest BCUT2D eigenvalue weighted by atomic mass is 16.2. The molecule has 1 aliphatic heterocycles. The highest BCUT2D eigenvalue weighted by molar-refractivity contribution is 6.10. The molecule has 1 saturated carbocycles. The van der Waals surface area contributed by atoms with Gasteiger partial charge in [-0.1, -0.05) is 74.7 Å². The van der Waals surface area contributed by atoms with Gasteiger partial charge in [-0.25, -0.2) is 0 Å². The van der Waals surface area contributed by atoms with Crippen LogP contribution in [0.3, 0.4) is 0 Å². The minimum Gasteiger partial charge on any atom is -0.388 e. The van der Waals surface area contributed by atoms with Crippen molar-refractivity contribution in [2.75, 3.05) is 52.1 Å². The van der Waals surface area contributed by atoms with Crippen molar-refractivity contribution >= 4 is 23.5 Å². The highest BCUT2D eigenvalue weighted by Crippen LogP contribution is 2.28. The molecule has 0 bridgehead atoms. The Labute approximate surface area is 242 Å². The van der Waals surface area contributed by atoms with Crippen molar-refractivity contribution in [3.8, 4) is 0 Å². The predicted molar refractivity (Wildman–Crippen MR) is 168 cm³/mol. The average Bonchev–Trinajstić information content (AvgIpc) is 3.00. The summed E-state index contributed by atoms with van der Waals surface area (Å²) in [6.07, 6.45) is 9.88. The SMILES string of the molecule is CCCN1CCN(C/C(Cc2ccccc2)=C(\C=O)c2ccccc2NC)CC1=O.CN[C@@H](C)C1CCCCC1. The Kier molecular flexibility index (Phi) is 13.4. The number of carbonyl (C=O) groups excluding carboxylic acids is 2. The van der Waals surface area contributed by atoms with Gasteiger partial charge in [0.25, 0.3) is 0 Å². The van der Waals surface area contributed by atoms with Crippen LogP contribution in [-0.2, 0) is 16.0 Å². The van der Waals surface area contributed by atoms with E-state index >= 15 is 0 Å². The number of amides is 1. The second-order valence-electron chi connectivity index (χ2n) is 11.2. The summed E-state index contributed by atoms with van der Waals surface area (Å²) in [4.78, 5) is 28.9. The summed E-state index contributed by atoms with van der Waals surface area (Å²) >= 11 is 0. The second kappa shape index (κ2) is 17.0. The largest absolute Gasteiger partial charge is 0.388 e. The summed E-state index contributed by atoms with van der Waals surface area (Å²) in [6.45, 7) is 7.78. The molecule has 1 atom stereocenters. The topological polar surface area (TPSA) is 64.7 Å². The molecule has 2 aromatic rings. The summed E-state index contributed by atoms with van der Waals surface area (Å²) in [5, 5.41) is 6.53. The van der Waals surface area contributed by atoms with E-state index in [0.717, 1.165) is 66.7 Å². The number of anilines is 1. The summed E-state index contributed by atoms with van der Waals surface area (Å²) < 4.78 is 0. The van der Waals surface area contributed by atoms with Gasteiger partial charge in [0.15, 0.2) is 6.29 Å². The van der Waals surface area contributed by atoms with Crippen molar-refractivity contribution in [1.82, 2.24) is 15.1 Å². The number of nitrogens with one attached hydrogen (secondary N) is 2. The Bertz CT molecular complexity index is 1080. The van der Waals surface area contributed by atoms with Crippen molar-refractivity contribution in [1.29, 1.82) is 0 Å². The molecule has 4 rings (SSSR count). The molecule has 0 aromatic heterocycles. The molecule has 0 spiro atoms. The molecule has 1 aliphatic carbocycles. The van der Waals surface area contributed by atoms with Crippen LogP contribution in [0.15, 0.2) is 60.2 Å². The van der Waals surface area contributed by atoms with Crippen molar-refractivity contribution in [2.45, 2.75) is 64.8 Å². The number of para-hydroxylation sites is 1. The van der Waals surface area contributed by atoms with E-state index in [1.807, 2.05) is 54.4 Å². The minimum absolute atomic E-state index is 0.172. The highest BCUT2D eigenvalue weighted by Gasteiger charge is 2.25. The zero-order valence-electron chi connectivity index (χ0n) is 25.1. The zero-order valence-corrected chi connectivity index (χ0v) is 25.1. The Morgan fingerprint density at radius 2 is 1.70 bits per heavy atom. The van der Waals surface area contributed by atoms with Crippen molar-refractivity contribution in [3.63, 3.8) is 0 Å². The average molecular weight is 547 g/mol. The Hall–Kier alpha value is -2.96. The van der Waals surface area contributed by atoms with E-state index in [2.05, 4.69) is 48.6 Å². The molecule has 218 valence electrons. The van der Waals surface area contributed by atoms with Crippen molar-refractivity contribution < 1.29 is 9.59 Å². The van der Waals surface area contributed by atoms with E-state index in [1.165, 1.54) is 32.1 Å². The number of nitrogens with zero attached hydrogens (tertiary/aromatic N) is 2. The monoisotopic (exact) mass is 546 g/mol. The van der Waals surface area contributed by atoms with Crippen LogP contribution in [0.5, 0.6) is 0 Å². The number of allylic oxidation sites excluding steroid dienone is 1. The Morgan fingerprint density at radius 1 is 1.00 bits per heavy atom. The molecule has 1 amide bonds. The fourth-order valence-corrected chi connectivity index (χ4v) is 5.89. The van der Waals surface area contributed by atoms with E-state index in [0.29, 0.717) is 25.1 Å². The van der Waals surface area contributed by atoms with Gasteiger partial charge >= 0.3 is 0 Å². The van der Waals surface area contributed by atoms with Crippen LogP contribution in [0.1, 0.15) is 63.5 Å². The maximum absolute atomic E-state index is 12.5. The van der Waals surface area contributed by atoms with Crippen LogP contribution >= 0.6 is 0 Å². The normalized spacial score (nSPS) is 17.9. The van der Waals surface area contributed by atoms with E-state index in [-0.39, 0.29) is 5.91 Å². The Balaban J connectivity index is 0.000000371. The predicted octanol–water partition coefficient (Wildman–Crippen LogP) is 5.65. The molecule has 2 aromatic carbocycles. The third-order valence-electron chi connectivity index (χ3n) is 8.36. The van der Waals surface area contributed by atoms with Gasteiger partial charge in [0, 0.05) is 56.1 Å². The summed E-state index contributed by atoms with van der Waals surface area (Å²) in [6, 6.07) is 18.8. The maximum atomic E-state index is 12.5. The summed E-state index contributed by atoms with van der Waals surface area (Å²) in [7, 11) is 3.93. The molecule has 2 N–H and O–H groups in total. The minimum atomic E-state index is 0.172. The number of carbonyl (C=O) groups is 2. The second-order valence-corrected chi connectivity index (χ2v) is 11.2. The number of hydrogen-bond donors (Lipinski definition) is 2. The number of benzene rings is 2. The van der Waals surface area contributed by atoms with Gasteiger partial charge < -0.3 is 15.5 Å². The van der Waals surface area contributed by atoms with Gasteiger partial charge in [-0.15, -0.1) is 0 Å². The van der Waals surface area contributed by atoms with Gasteiger partial charge in [-0.2, -0.15) is 0 Å². The van der Waals surface area contributed by atoms with E-state index < -0.39 is 0 Å². The van der Waals surface area contributed by atoms with Crippen LogP contribution in [0.4, 0.5) is 5.69 Å². The fraction of sp³-hybridized carbons (Fsp3) is 0.529. The van der Waals surface area contributed by atoms with E-state index in [9.17, 15) is 9.59 Å². The molecule has 40 heavy (non-hydrogen) atoms. The lowest BCUT2D eigenvalue weighted by Gasteiger charge is -2.35. The van der Waals surface area contributed by atoms with Crippen LogP contribution < -0.4 is 10.6 Å². The third-order valence-corrected chi connectivity index (χ3v) is 8.36. The molecule has 0 unspecified atom stereocenters. The number of aldehydes is 1. The first-order valence-electron chi connectivity index (χ1n) is 15.2. The van der Waals surface area contributed by atoms with Gasteiger partial charge in [-0.05, 0) is 62.8 Å². The fourth-order valence-electron chi connectivity index (χ4n) is 5.89. The summed E-state index contributed by atoms with van der Waals surface area (Å²) in [5.74, 6) is 1.13. The molecular weight excluding hydrogens is 496 g/mol. The molecule has 0 radical (unpaired) electrons.